The van der Waals surface area contributed by atoms with Gasteiger partial charge in [-0.25, -0.2) is 4.79 Å². The third kappa shape index (κ3) is 2.40. The first-order valence-electron chi connectivity index (χ1n) is 4.16. The van der Waals surface area contributed by atoms with Gasteiger partial charge in [-0.1, -0.05) is 0 Å². The van der Waals surface area contributed by atoms with Crippen LogP contribution in [0.2, 0.25) is 0 Å². The molecule has 5 heteroatoms. The van der Waals surface area contributed by atoms with E-state index >= 15 is 0 Å². The average Bonchev–Trinajstić information content (AvgIpc) is 2.18. The number of nitrogens with zero attached hydrogens (tertiary/aromatic N) is 1. The van der Waals surface area contributed by atoms with Gasteiger partial charge in [-0.2, -0.15) is 4.57 Å². The van der Waals surface area contributed by atoms with Gasteiger partial charge in [-0.3, -0.25) is 4.79 Å². The number of pyridine rings is 1. The molecule has 1 aromatic heterocycles. The number of hydrogen-bond donors (Lipinski definition) is 2. The maximum absolute atomic E-state index is 11.1. The summed E-state index contributed by atoms with van der Waals surface area (Å²) in [5.74, 6) is -2.77. The van der Waals surface area contributed by atoms with E-state index in [1.54, 1.807) is 25.3 Å². The lowest BCUT2D eigenvalue weighted by Gasteiger charge is -1.96. The Kier molecular flexibility index (Phi) is 3.17. The van der Waals surface area contributed by atoms with E-state index in [4.69, 9.17) is 10.2 Å². The van der Waals surface area contributed by atoms with Gasteiger partial charge in [-0.05, 0) is 13.0 Å². The van der Waals surface area contributed by atoms with Gasteiger partial charge < -0.3 is 10.2 Å². The Morgan fingerprint density at radius 1 is 1.47 bits per heavy atom. The fourth-order valence-electron chi connectivity index (χ4n) is 1.09. The number of ketones is 1. The SMILES string of the molecule is Cc1ccc[n+](/C(=C\O)C(=O)C(=O)O)c1. The Labute approximate surface area is 85.9 Å². The van der Waals surface area contributed by atoms with Gasteiger partial charge in [0, 0.05) is 11.6 Å². The number of Topliss-reactive ketones (excluding diaryl/α,β-unsaturated/α-hetero) is 1. The normalized spacial score (nSPS) is 11.1. The summed E-state index contributed by atoms with van der Waals surface area (Å²) < 4.78 is 1.26. The van der Waals surface area contributed by atoms with Crippen LogP contribution in [0.1, 0.15) is 5.56 Å². The summed E-state index contributed by atoms with van der Waals surface area (Å²) in [6.07, 6.45) is 3.51. The van der Waals surface area contributed by atoms with Crippen molar-refractivity contribution in [3.05, 3.63) is 36.4 Å². The third-order valence-electron chi connectivity index (χ3n) is 1.78. The quantitative estimate of drug-likeness (QED) is 0.324. The van der Waals surface area contributed by atoms with Crippen LogP contribution in [0.5, 0.6) is 0 Å². The molecule has 0 aliphatic carbocycles. The lowest BCUT2D eigenvalue weighted by atomic mass is 10.2. The maximum atomic E-state index is 11.1. The van der Waals surface area contributed by atoms with Gasteiger partial charge in [0.15, 0.2) is 18.7 Å². The van der Waals surface area contributed by atoms with Crippen LogP contribution >= 0.6 is 0 Å². The summed E-state index contributed by atoms with van der Waals surface area (Å²) in [7, 11) is 0. The summed E-state index contributed by atoms with van der Waals surface area (Å²) in [4.78, 5) is 21.6. The number of aromatic nitrogens is 1. The minimum Gasteiger partial charge on any atom is -0.509 e. The summed E-state index contributed by atoms with van der Waals surface area (Å²) in [6.45, 7) is 1.79. The van der Waals surface area contributed by atoms with Crippen LogP contribution in [0.3, 0.4) is 0 Å². The number of aryl methyl sites for hydroxylation is 1. The van der Waals surface area contributed by atoms with E-state index < -0.39 is 11.8 Å². The second-order valence-electron chi connectivity index (χ2n) is 2.94. The van der Waals surface area contributed by atoms with E-state index in [1.165, 1.54) is 10.8 Å². The van der Waals surface area contributed by atoms with E-state index in [0.717, 1.165) is 5.56 Å². The molecule has 0 saturated heterocycles. The molecule has 0 aliphatic rings. The number of rotatable bonds is 3. The first-order chi connectivity index (χ1) is 7.06. The van der Waals surface area contributed by atoms with Gasteiger partial charge in [0.05, 0.1) is 0 Å². The van der Waals surface area contributed by atoms with Crippen LogP contribution in [-0.2, 0) is 9.59 Å². The molecule has 0 atom stereocenters. The molecule has 0 saturated carbocycles. The minimum atomic E-state index is -1.61. The number of carbonyl (C=O) groups is 2. The standard InChI is InChI=1S/C10H9NO4/c1-7-3-2-4-11(5-7)8(6-12)9(13)10(14)15/h2-6H,1H3,(H-,12,13,14,15)/p+1. The van der Waals surface area contributed by atoms with E-state index in [2.05, 4.69) is 0 Å². The molecule has 0 aromatic carbocycles. The van der Waals surface area contributed by atoms with Crippen molar-refractivity contribution in [2.75, 3.05) is 0 Å². The van der Waals surface area contributed by atoms with Crippen molar-refractivity contribution in [3.8, 4) is 0 Å². The molecule has 0 fully saturated rings. The second-order valence-corrected chi connectivity index (χ2v) is 2.94. The molecule has 0 spiro atoms. The molecule has 0 amide bonds. The Bertz CT molecular complexity index is 437. The summed E-state index contributed by atoms with van der Waals surface area (Å²) in [6, 6.07) is 3.44. The number of hydrogen-bond acceptors (Lipinski definition) is 3. The zero-order chi connectivity index (χ0) is 11.4. The highest BCUT2D eigenvalue weighted by atomic mass is 16.4. The highest BCUT2D eigenvalue weighted by Gasteiger charge is 2.26. The molecule has 0 bridgehead atoms. The van der Waals surface area contributed by atoms with Gasteiger partial charge in [-0.15, -0.1) is 0 Å². The molecule has 1 heterocycles. The Hall–Kier alpha value is -2.17. The van der Waals surface area contributed by atoms with Crippen molar-refractivity contribution < 1.29 is 24.4 Å². The molecule has 2 N–H and O–H groups in total. The van der Waals surface area contributed by atoms with Crippen molar-refractivity contribution in [2.45, 2.75) is 6.92 Å². The lowest BCUT2D eigenvalue weighted by Crippen LogP contribution is -2.38. The molecule has 5 nitrogen and oxygen atoms in total. The topological polar surface area (TPSA) is 78.5 Å². The van der Waals surface area contributed by atoms with E-state index in [0.29, 0.717) is 6.26 Å². The minimum absolute atomic E-state index is 0.300. The summed E-state index contributed by atoms with van der Waals surface area (Å²) in [5, 5.41) is 17.3. The highest BCUT2D eigenvalue weighted by molar-refractivity contribution is 6.47. The lowest BCUT2D eigenvalue weighted by molar-refractivity contribution is -0.578. The van der Waals surface area contributed by atoms with Crippen molar-refractivity contribution in [3.63, 3.8) is 0 Å². The average molecular weight is 208 g/mol. The van der Waals surface area contributed by atoms with E-state index in [1.807, 2.05) is 0 Å². The maximum Gasteiger partial charge on any atom is 0.383 e. The van der Waals surface area contributed by atoms with Gasteiger partial charge in [0.25, 0.3) is 0 Å². The smallest absolute Gasteiger partial charge is 0.383 e. The number of aliphatic carboxylic acids is 1. The fraction of sp³-hybridized carbons (Fsp3) is 0.100. The molecule has 1 aromatic rings. The number of aliphatic hydroxyl groups excluding tert-OH is 1. The number of carboxylic acid groups (broad SMARTS) is 1. The second kappa shape index (κ2) is 4.36. The largest absolute Gasteiger partial charge is 0.509 e. The van der Waals surface area contributed by atoms with Crippen molar-refractivity contribution in [1.29, 1.82) is 0 Å². The van der Waals surface area contributed by atoms with Gasteiger partial charge >= 0.3 is 17.4 Å². The zero-order valence-corrected chi connectivity index (χ0v) is 8.04. The Balaban J connectivity index is 3.15. The Morgan fingerprint density at radius 3 is 2.60 bits per heavy atom. The van der Waals surface area contributed by atoms with Gasteiger partial charge in [0.1, 0.15) is 0 Å². The molecular weight excluding hydrogens is 198 g/mol. The number of carbonyl (C=O) groups excluding carboxylic acids is 1. The first kappa shape index (κ1) is 10.9. The molecule has 78 valence electrons. The predicted molar refractivity (Wildman–Crippen MR) is 50.9 cm³/mol. The van der Waals surface area contributed by atoms with Crippen molar-refractivity contribution >= 4 is 17.4 Å². The van der Waals surface area contributed by atoms with E-state index in [-0.39, 0.29) is 5.70 Å². The summed E-state index contributed by atoms with van der Waals surface area (Å²) in [5.41, 5.74) is 0.543. The monoisotopic (exact) mass is 208 g/mol. The summed E-state index contributed by atoms with van der Waals surface area (Å²) >= 11 is 0. The molecule has 1 rings (SSSR count). The van der Waals surface area contributed by atoms with Crippen LogP contribution in [-0.4, -0.2) is 22.0 Å². The first-order valence-corrected chi connectivity index (χ1v) is 4.16. The molecule has 0 radical (unpaired) electrons. The molecule has 0 unspecified atom stereocenters. The molecular formula is C10H10NO4+. The van der Waals surface area contributed by atoms with Crippen LogP contribution in [0.4, 0.5) is 0 Å². The van der Waals surface area contributed by atoms with Crippen LogP contribution < -0.4 is 4.57 Å². The molecule has 0 aliphatic heterocycles. The number of aliphatic hydroxyl groups is 1. The van der Waals surface area contributed by atoms with Gasteiger partial charge in [0.2, 0.25) is 0 Å². The zero-order valence-electron chi connectivity index (χ0n) is 8.04. The van der Waals surface area contributed by atoms with Crippen LogP contribution in [0.15, 0.2) is 30.8 Å². The van der Waals surface area contributed by atoms with Crippen LogP contribution in [0, 0.1) is 6.92 Å². The predicted octanol–water partition coefficient (Wildman–Crippen LogP) is 0.293. The van der Waals surface area contributed by atoms with Crippen LogP contribution in [0.25, 0.3) is 5.70 Å². The Morgan fingerprint density at radius 2 is 2.13 bits per heavy atom. The fourth-order valence-corrected chi connectivity index (χ4v) is 1.09. The van der Waals surface area contributed by atoms with E-state index in [9.17, 15) is 9.59 Å². The van der Waals surface area contributed by atoms with Crippen molar-refractivity contribution in [1.82, 2.24) is 0 Å². The molecule has 15 heavy (non-hydrogen) atoms. The highest BCUT2D eigenvalue weighted by Crippen LogP contribution is 1.97. The van der Waals surface area contributed by atoms with Crippen molar-refractivity contribution in [2.24, 2.45) is 0 Å². The number of carboxylic acids is 1. The third-order valence-corrected chi connectivity index (χ3v) is 1.78.